The number of aliphatic hydroxyl groups is 3. The molecule has 3 atom stereocenters. The van der Waals surface area contributed by atoms with Crippen molar-refractivity contribution in [3.8, 4) is 0 Å². The van der Waals surface area contributed by atoms with Gasteiger partial charge in [-0.2, -0.15) is 0 Å². The van der Waals surface area contributed by atoms with Crippen LogP contribution in [0.1, 0.15) is 20.8 Å². The predicted molar refractivity (Wildman–Crippen MR) is 54.6 cm³/mol. The van der Waals surface area contributed by atoms with E-state index in [0.29, 0.717) is 19.6 Å². The van der Waals surface area contributed by atoms with Gasteiger partial charge in [-0.05, 0) is 20.8 Å². The fourth-order valence-corrected chi connectivity index (χ4v) is 1.10. The standard InChI is InChI=1S/C9H22N2O3/c1-7(12)4-10-11(5-8(2)13)6-9(3)14/h7-10,12-14H,4-6H2,1-3H3. The average molecular weight is 206 g/mol. The lowest BCUT2D eigenvalue weighted by molar-refractivity contribution is 0.0396. The summed E-state index contributed by atoms with van der Waals surface area (Å²) in [5.74, 6) is 0. The molecule has 0 rings (SSSR count). The molecule has 14 heavy (non-hydrogen) atoms. The van der Waals surface area contributed by atoms with Crippen molar-refractivity contribution >= 4 is 0 Å². The Hall–Kier alpha value is -0.200. The lowest BCUT2D eigenvalue weighted by Gasteiger charge is -2.26. The van der Waals surface area contributed by atoms with Gasteiger partial charge in [0.15, 0.2) is 0 Å². The molecular weight excluding hydrogens is 184 g/mol. The Morgan fingerprint density at radius 2 is 1.36 bits per heavy atom. The molecule has 0 heterocycles. The number of hydrogen-bond acceptors (Lipinski definition) is 5. The van der Waals surface area contributed by atoms with Crippen molar-refractivity contribution in [3.63, 3.8) is 0 Å². The molecule has 0 aromatic rings. The van der Waals surface area contributed by atoms with Crippen molar-refractivity contribution in [2.24, 2.45) is 0 Å². The Labute approximate surface area is 85.3 Å². The molecule has 0 radical (unpaired) electrons. The third-order valence-electron chi connectivity index (χ3n) is 1.58. The van der Waals surface area contributed by atoms with Gasteiger partial charge in [0, 0.05) is 19.6 Å². The summed E-state index contributed by atoms with van der Waals surface area (Å²) in [4.78, 5) is 0. The second kappa shape index (κ2) is 7.14. The molecule has 0 aromatic carbocycles. The maximum atomic E-state index is 9.18. The normalized spacial score (nSPS) is 18.2. The van der Waals surface area contributed by atoms with Crippen molar-refractivity contribution in [1.29, 1.82) is 0 Å². The van der Waals surface area contributed by atoms with Crippen molar-refractivity contribution in [1.82, 2.24) is 10.4 Å². The third-order valence-corrected chi connectivity index (χ3v) is 1.58. The number of nitrogens with zero attached hydrogens (tertiary/aromatic N) is 1. The molecule has 5 heteroatoms. The zero-order valence-corrected chi connectivity index (χ0v) is 9.14. The molecule has 0 aliphatic heterocycles. The van der Waals surface area contributed by atoms with E-state index in [2.05, 4.69) is 5.43 Å². The van der Waals surface area contributed by atoms with E-state index in [1.807, 2.05) is 0 Å². The molecule has 3 unspecified atom stereocenters. The predicted octanol–water partition coefficient (Wildman–Crippen LogP) is -1.06. The van der Waals surface area contributed by atoms with Gasteiger partial charge >= 0.3 is 0 Å². The highest BCUT2D eigenvalue weighted by atomic mass is 16.3. The average Bonchev–Trinajstić information content (AvgIpc) is 1.97. The van der Waals surface area contributed by atoms with Crippen LogP contribution in [0, 0.1) is 0 Å². The summed E-state index contributed by atoms with van der Waals surface area (Å²) < 4.78 is 0. The maximum absolute atomic E-state index is 9.18. The van der Waals surface area contributed by atoms with Crippen LogP contribution in [0.4, 0.5) is 0 Å². The first-order valence-corrected chi connectivity index (χ1v) is 4.94. The van der Waals surface area contributed by atoms with Gasteiger partial charge in [-0.1, -0.05) is 0 Å². The van der Waals surface area contributed by atoms with E-state index in [4.69, 9.17) is 5.11 Å². The Morgan fingerprint density at radius 3 is 1.64 bits per heavy atom. The summed E-state index contributed by atoms with van der Waals surface area (Å²) in [6, 6.07) is 0. The van der Waals surface area contributed by atoms with Crippen molar-refractivity contribution in [2.45, 2.75) is 39.1 Å². The minimum atomic E-state index is -0.463. The molecule has 0 saturated carbocycles. The van der Waals surface area contributed by atoms with Crippen LogP contribution in [-0.4, -0.2) is 58.3 Å². The summed E-state index contributed by atoms with van der Waals surface area (Å²) in [6.45, 7) is 6.31. The summed E-state index contributed by atoms with van der Waals surface area (Å²) in [6.07, 6.45) is -1.37. The fourth-order valence-electron chi connectivity index (χ4n) is 1.10. The first kappa shape index (κ1) is 13.8. The molecule has 5 nitrogen and oxygen atoms in total. The van der Waals surface area contributed by atoms with E-state index >= 15 is 0 Å². The van der Waals surface area contributed by atoms with Crippen molar-refractivity contribution in [3.05, 3.63) is 0 Å². The Morgan fingerprint density at radius 1 is 0.929 bits per heavy atom. The molecule has 0 aromatic heterocycles. The summed E-state index contributed by atoms with van der Waals surface area (Å²) in [5.41, 5.74) is 2.95. The summed E-state index contributed by atoms with van der Waals surface area (Å²) in [7, 11) is 0. The molecular formula is C9H22N2O3. The van der Waals surface area contributed by atoms with Crippen LogP contribution in [-0.2, 0) is 0 Å². The zero-order chi connectivity index (χ0) is 11.1. The second-order valence-electron chi connectivity index (χ2n) is 3.81. The molecule has 0 aliphatic rings. The first-order valence-electron chi connectivity index (χ1n) is 4.94. The van der Waals surface area contributed by atoms with E-state index in [9.17, 15) is 10.2 Å². The molecule has 0 amide bonds. The van der Waals surface area contributed by atoms with Crippen LogP contribution in [0.3, 0.4) is 0 Å². The molecule has 0 bridgehead atoms. The quantitative estimate of drug-likeness (QED) is 0.399. The molecule has 0 spiro atoms. The van der Waals surface area contributed by atoms with Gasteiger partial charge < -0.3 is 15.3 Å². The molecule has 4 N–H and O–H groups in total. The Bertz CT molecular complexity index is 130. The van der Waals surface area contributed by atoms with Crippen LogP contribution in [0.5, 0.6) is 0 Å². The number of hydrogen-bond donors (Lipinski definition) is 4. The Kier molecular flexibility index (Phi) is 7.04. The molecule has 0 aliphatic carbocycles. The van der Waals surface area contributed by atoms with Crippen LogP contribution >= 0.6 is 0 Å². The summed E-state index contributed by atoms with van der Waals surface area (Å²) in [5, 5.41) is 29.1. The van der Waals surface area contributed by atoms with Crippen molar-refractivity contribution < 1.29 is 15.3 Å². The van der Waals surface area contributed by atoms with Gasteiger partial charge in [0.2, 0.25) is 0 Å². The number of hydrazine groups is 1. The molecule has 0 saturated heterocycles. The third kappa shape index (κ3) is 8.40. The van der Waals surface area contributed by atoms with Crippen LogP contribution in [0.2, 0.25) is 0 Å². The highest BCUT2D eigenvalue weighted by molar-refractivity contribution is 4.61. The van der Waals surface area contributed by atoms with E-state index in [0.717, 1.165) is 0 Å². The van der Waals surface area contributed by atoms with Gasteiger partial charge in [0.05, 0.1) is 18.3 Å². The number of aliphatic hydroxyl groups excluding tert-OH is 3. The van der Waals surface area contributed by atoms with Crippen LogP contribution in [0.25, 0.3) is 0 Å². The van der Waals surface area contributed by atoms with E-state index in [1.54, 1.807) is 25.8 Å². The van der Waals surface area contributed by atoms with Gasteiger partial charge in [-0.3, -0.25) is 5.43 Å². The minimum Gasteiger partial charge on any atom is -0.392 e. The zero-order valence-electron chi connectivity index (χ0n) is 9.14. The largest absolute Gasteiger partial charge is 0.392 e. The highest BCUT2D eigenvalue weighted by Crippen LogP contribution is 1.92. The molecule has 0 fully saturated rings. The highest BCUT2D eigenvalue weighted by Gasteiger charge is 2.10. The first-order chi connectivity index (χ1) is 6.41. The van der Waals surface area contributed by atoms with Crippen molar-refractivity contribution in [2.75, 3.05) is 19.6 Å². The minimum absolute atomic E-state index is 0.416. The van der Waals surface area contributed by atoms with E-state index in [-0.39, 0.29) is 0 Å². The number of rotatable bonds is 7. The summed E-state index contributed by atoms with van der Waals surface area (Å²) >= 11 is 0. The van der Waals surface area contributed by atoms with Gasteiger partial charge in [-0.25, -0.2) is 5.01 Å². The smallest absolute Gasteiger partial charge is 0.0653 e. The van der Waals surface area contributed by atoms with Gasteiger partial charge in [-0.15, -0.1) is 0 Å². The van der Waals surface area contributed by atoms with Gasteiger partial charge in [0.25, 0.3) is 0 Å². The lowest BCUT2D eigenvalue weighted by atomic mass is 10.3. The van der Waals surface area contributed by atoms with Gasteiger partial charge in [0.1, 0.15) is 0 Å². The monoisotopic (exact) mass is 206 g/mol. The lowest BCUT2D eigenvalue weighted by Crippen LogP contribution is -2.47. The Balaban J connectivity index is 3.84. The number of nitrogens with one attached hydrogen (secondary N) is 1. The van der Waals surface area contributed by atoms with Crippen LogP contribution in [0.15, 0.2) is 0 Å². The second-order valence-corrected chi connectivity index (χ2v) is 3.81. The van der Waals surface area contributed by atoms with Crippen LogP contribution < -0.4 is 5.43 Å². The van der Waals surface area contributed by atoms with E-state index in [1.165, 1.54) is 0 Å². The SMILES string of the molecule is CC(O)CNN(CC(C)O)CC(C)O. The fraction of sp³-hybridized carbons (Fsp3) is 1.00. The molecule has 86 valence electrons. The maximum Gasteiger partial charge on any atom is 0.0653 e. The van der Waals surface area contributed by atoms with E-state index < -0.39 is 18.3 Å². The topological polar surface area (TPSA) is 76.0 Å².